The molecule has 1 amide bonds. The lowest BCUT2D eigenvalue weighted by atomic mass is 9.44. The first-order chi connectivity index (χ1) is 27.7. The second kappa shape index (κ2) is 21.0. The molecule has 0 N–H and O–H groups in total. The van der Waals surface area contributed by atoms with Crippen LogP contribution in [-0.2, 0) is 33.6 Å². The van der Waals surface area contributed by atoms with E-state index in [0.29, 0.717) is 44.1 Å². The Hall–Kier alpha value is -3.29. The molecule has 1 saturated heterocycles. The lowest BCUT2D eigenvalue weighted by molar-refractivity contribution is -0.148. The summed E-state index contributed by atoms with van der Waals surface area (Å²) in [6.07, 6.45) is 11.6. The molecule has 8 heteroatoms. The molecule has 5 aliphatic rings. The van der Waals surface area contributed by atoms with Gasteiger partial charge in [0.2, 0.25) is 11.7 Å². The van der Waals surface area contributed by atoms with E-state index in [9.17, 15) is 33.6 Å². The van der Waals surface area contributed by atoms with Crippen molar-refractivity contribution in [2.45, 2.75) is 190 Å². The Labute approximate surface area is 356 Å². The number of unbranched alkanes of at least 4 members (excludes halogenated alkanes) is 1. The zero-order valence-corrected chi connectivity index (χ0v) is 38.2. The molecule has 59 heavy (non-hydrogen) atoms. The number of hydrogen-bond acceptors (Lipinski definition) is 7. The van der Waals surface area contributed by atoms with Gasteiger partial charge in [-0.3, -0.25) is 33.6 Å². The quantitative estimate of drug-likeness (QED) is 0.113. The van der Waals surface area contributed by atoms with Crippen LogP contribution in [0.4, 0.5) is 0 Å². The first-order valence-electron chi connectivity index (χ1n) is 23.3. The molecular formula is C51H77NO7. The smallest absolute Gasteiger partial charge is 0.227 e. The Bertz CT molecular complexity index is 1640. The number of hydrogen-bond donors (Lipinski definition) is 0. The Morgan fingerprint density at radius 1 is 0.831 bits per heavy atom. The summed E-state index contributed by atoms with van der Waals surface area (Å²) in [5, 5.41) is 0. The van der Waals surface area contributed by atoms with Crippen molar-refractivity contribution in [3.8, 4) is 0 Å². The lowest BCUT2D eigenvalue weighted by Gasteiger charge is -2.61. The summed E-state index contributed by atoms with van der Waals surface area (Å²) >= 11 is 0. The van der Waals surface area contributed by atoms with E-state index in [2.05, 4.69) is 20.8 Å². The summed E-state index contributed by atoms with van der Waals surface area (Å²) < 4.78 is 0. The van der Waals surface area contributed by atoms with Gasteiger partial charge in [0, 0.05) is 68.7 Å². The van der Waals surface area contributed by atoms with Gasteiger partial charge in [0.15, 0.2) is 11.6 Å². The molecule has 8 nitrogen and oxygen atoms in total. The number of amides is 1. The van der Waals surface area contributed by atoms with Gasteiger partial charge in [-0.2, -0.15) is 0 Å². The van der Waals surface area contributed by atoms with Crippen molar-refractivity contribution in [1.82, 2.24) is 4.90 Å². The molecule has 6 atom stereocenters. The van der Waals surface area contributed by atoms with Gasteiger partial charge in [-0.25, -0.2) is 0 Å². The Morgan fingerprint density at radius 2 is 1.46 bits per heavy atom. The number of Topliss-reactive ketones (excluding diaryl/α,β-unsaturated/α-hetero) is 6. The molecule has 0 spiro atoms. The van der Waals surface area contributed by atoms with Crippen LogP contribution in [0, 0.1) is 45.8 Å². The minimum atomic E-state index is -0.815. The topological polar surface area (TPSA) is 123 Å². The fourth-order valence-electron chi connectivity index (χ4n) is 11.7. The van der Waals surface area contributed by atoms with Crippen LogP contribution in [0.15, 0.2) is 30.3 Å². The van der Waals surface area contributed by atoms with Crippen LogP contribution in [0.25, 0.3) is 0 Å². The molecule has 1 heterocycles. The maximum absolute atomic E-state index is 14.4. The molecule has 5 fully saturated rings. The third-order valence-electron chi connectivity index (χ3n) is 13.9. The fourth-order valence-corrected chi connectivity index (χ4v) is 11.7. The number of rotatable bonds is 21. The minimum Gasteiger partial charge on any atom is -0.332 e. The first-order valence-corrected chi connectivity index (χ1v) is 23.3. The molecule has 4 aliphatic carbocycles. The van der Waals surface area contributed by atoms with Gasteiger partial charge >= 0.3 is 0 Å². The van der Waals surface area contributed by atoms with E-state index in [4.69, 9.17) is 0 Å². The Balaban J connectivity index is 0.00000248. The van der Waals surface area contributed by atoms with E-state index in [1.807, 2.05) is 58.0 Å². The molecule has 1 aromatic carbocycles. The number of ketones is 6. The molecule has 1 aliphatic heterocycles. The summed E-state index contributed by atoms with van der Waals surface area (Å²) in [5.41, 5.74) is 0.678. The van der Waals surface area contributed by atoms with Crippen LogP contribution in [0.1, 0.15) is 189 Å². The zero-order valence-electron chi connectivity index (χ0n) is 38.2. The van der Waals surface area contributed by atoms with Gasteiger partial charge < -0.3 is 4.90 Å². The number of nitrogens with zero attached hydrogens (tertiary/aromatic N) is 1. The number of likely N-dealkylation sites (tertiary alicyclic amines) is 1. The second-order valence-corrected chi connectivity index (χ2v) is 21.1. The van der Waals surface area contributed by atoms with E-state index in [-0.39, 0.29) is 72.5 Å². The highest BCUT2D eigenvalue weighted by molar-refractivity contribution is 6.38. The van der Waals surface area contributed by atoms with Crippen LogP contribution < -0.4 is 0 Å². The Kier molecular flexibility index (Phi) is 17.2. The van der Waals surface area contributed by atoms with Crippen molar-refractivity contribution in [2.75, 3.05) is 6.54 Å². The van der Waals surface area contributed by atoms with Crippen LogP contribution >= 0.6 is 0 Å². The summed E-state index contributed by atoms with van der Waals surface area (Å²) in [5.74, 6) is -2.62. The molecule has 3 unspecified atom stereocenters. The maximum Gasteiger partial charge on any atom is 0.227 e. The monoisotopic (exact) mass is 816 g/mol. The van der Waals surface area contributed by atoms with Gasteiger partial charge in [0.25, 0.3) is 0 Å². The standard InChI is InChI=1S/C48H69NO7.C3H8/c1-8-9-14-35(44(55)41(52)19-18-36(50)23-38(43(54)31(2)3)34-15-11-10-12-16-34)22-42(53)40-17-13-20-49(40)45(56)39(46(4,5)6)24-37(51)29-48-27-32-21-33(28-48)26-47(7,25-32)30-48;1-3-2/h10-12,15-16,31-33,35,38-40H,8-9,13-14,17-30H2,1-7H3;3H2,1-2H3/t32?,33?,35?,38-,39+,40-,47?,48?;/m0./s1. The van der Waals surface area contributed by atoms with E-state index in [0.717, 1.165) is 43.1 Å². The van der Waals surface area contributed by atoms with Gasteiger partial charge in [0.05, 0.1) is 6.04 Å². The molecular weight excluding hydrogens is 739 g/mol. The summed E-state index contributed by atoms with van der Waals surface area (Å²) in [7, 11) is 0. The summed E-state index contributed by atoms with van der Waals surface area (Å²) in [6, 6.07) is 8.47. The van der Waals surface area contributed by atoms with Gasteiger partial charge in [-0.05, 0) is 91.4 Å². The highest BCUT2D eigenvalue weighted by atomic mass is 16.2. The fraction of sp³-hybridized carbons (Fsp3) is 0.745. The average molecular weight is 816 g/mol. The predicted molar refractivity (Wildman–Crippen MR) is 234 cm³/mol. The molecule has 6 rings (SSSR count). The molecule has 0 aromatic heterocycles. The van der Waals surface area contributed by atoms with Crippen LogP contribution in [0.3, 0.4) is 0 Å². The highest BCUT2D eigenvalue weighted by Crippen LogP contribution is 2.66. The van der Waals surface area contributed by atoms with Gasteiger partial charge in [0.1, 0.15) is 17.3 Å². The highest BCUT2D eigenvalue weighted by Gasteiger charge is 2.56. The van der Waals surface area contributed by atoms with Crippen molar-refractivity contribution < 1.29 is 33.6 Å². The average Bonchev–Trinajstić information content (AvgIpc) is 3.65. The second-order valence-electron chi connectivity index (χ2n) is 21.1. The van der Waals surface area contributed by atoms with E-state index >= 15 is 0 Å². The summed E-state index contributed by atoms with van der Waals surface area (Å²) in [4.78, 5) is 97.1. The van der Waals surface area contributed by atoms with Crippen LogP contribution in [0.5, 0.6) is 0 Å². The maximum atomic E-state index is 14.4. The van der Waals surface area contributed by atoms with E-state index in [1.165, 1.54) is 25.7 Å². The SMILES string of the molecule is CCC.CCCCC(CC(=O)[C@@H]1CCCN1C(=O)[C@@H](CC(=O)CC12CC3CC(CC(C)(C3)C1)C2)C(C)(C)C)C(=O)C(=O)CCC(=O)C[C@H](C(=O)C(C)C)c1ccccc1. The van der Waals surface area contributed by atoms with Crippen LogP contribution in [-0.4, -0.2) is 58.1 Å². The van der Waals surface area contributed by atoms with E-state index < -0.39 is 40.8 Å². The third kappa shape index (κ3) is 12.9. The van der Waals surface area contributed by atoms with Crippen molar-refractivity contribution in [2.24, 2.45) is 45.8 Å². The minimum absolute atomic E-state index is 0.0335. The zero-order chi connectivity index (χ0) is 43.7. The van der Waals surface area contributed by atoms with Gasteiger partial charge in [-0.1, -0.05) is 112 Å². The third-order valence-corrected chi connectivity index (χ3v) is 13.9. The van der Waals surface area contributed by atoms with E-state index in [1.54, 1.807) is 18.7 Å². The molecule has 328 valence electrons. The summed E-state index contributed by atoms with van der Waals surface area (Å²) in [6.45, 7) is 18.7. The lowest BCUT2D eigenvalue weighted by Crippen LogP contribution is -2.51. The van der Waals surface area contributed by atoms with Crippen molar-refractivity contribution >= 4 is 40.6 Å². The first kappa shape index (κ1) is 48.4. The number of carbonyl (C=O) groups is 7. The number of benzene rings is 1. The predicted octanol–water partition coefficient (Wildman–Crippen LogP) is 10.7. The largest absolute Gasteiger partial charge is 0.332 e. The molecule has 0 radical (unpaired) electrons. The van der Waals surface area contributed by atoms with Crippen molar-refractivity contribution in [3.05, 3.63) is 35.9 Å². The molecule has 4 saturated carbocycles. The van der Waals surface area contributed by atoms with Crippen molar-refractivity contribution in [3.63, 3.8) is 0 Å². The Morgan fingerprint density at radius 3 is 2.02 bits per heavy atom. The molecule has 4 bridgehead atoms. The van der Waals surface area contributed by atoms with Crippen molar-refractivity contribution in [1.29, 1.82) is 0 Å². The normalized spacial score (nSPS) is 26.1. The van der Waals surface area contributed by atoms with Crippen LogP contribution in [0.2, 0.25) is 0 Å². The van der Waals surface area contributed by atoms with Gasteiger partial charge in [-0.15, -0.1) is 0 Å². The molecule has 1 aromatic rings. The number of carbonyl (C=O) groups excluding carboxylic acids is 7.